The summed E-state index contributed by atoms with van der Waals surface area (Å²) in [5.41, 5.74) is 10.1. The van der Waals surface area contributed by atoms with Gasteiger partial charge in [-0.2, -0.15) is 0 Å². The summed E-state index contributed by atoms with van der Waals surface area (Å²) in [6.07, 6.45) is 1.74. The minimum Gasteiger partial charge on any atom is -0.487 e. The van der Waals surface area contributed by atoms with Gasteiger partial charge in [-0.1, -0.05) is 5.21 Å². The molecular weight excluding hydrogens is 409 g/mol. The Hall–Kier alpha value is -4.53. The van der Waals surface area contributed by atoms with Gasteiger partial charge in [0.15, 0.2) is 0 Å². The third kappa shape index (κ3) is 3.91. The summed E-state index contributed by atoms with van der Waals surface area (Å²) in [4.78, 5) is 7.85. The molecule has 0 amide bonds. The lowest BCUT2D eigenvalue weighted by Crippen LogP contribution is -2.10. The molecule has 0 unspecified atom stereocenters. The predicted molar refractivity (Wildman–Crippen MR) is 118 cm³/mol. The van der Waals surface area contributed by atoms with Crippen molar-refractivity contribution in [3.63, 3.8) is 0 Å². The van der Waals surface area contributed by atoms with E-state index in [-0.39, 0.29) is 18.3 Å². The van der Waals surface area contributed by atoms with Crippen LogP contribution in [0.1, 0.15) is 11.3 Å². The van der Waals surface area contributed by atoms with Gasteiger partial charge >= 0.3 is 0 Å². The zero-order valence-corrected chi connectivity index (χ0v) is 16.8. The van der Waals surface area contributed by atoms with E-state index in [2.05, 4.69) is 20.3 Å². The van der Waals surface area contributed by atoms with Crippen molar-refractivity contribution in [1.82, 2.24) is 25.0 Å². The number of nitrogen functional groups attached to an aromatic ring is 1. The minimum absolute atomic E-state index is 0.0160. The number of nitrogens with one attached hydrogen (secondary N) is 2. The quantitative estimate of drug-likeness (QED) is 0.281. The van der Waals surface area contributed by atoms with Gasteiger partial charge in [-0.25, -0.2) is 14.1 Å². The molecule has 2 aromatic heterocycles. The molecule has 0 saturated carbocycles. The van der Waals surface area contributed by atoms with Gasteiger partial charge in [-0.05, 0) is 66.7 Å². The maximum atomic E-state index is 13.1. The van der Waals surface area contributed by atoms with Crippen LogP contribution in [0.5, 0.6) is 5.75 Å². The van der Waals surface area contributed by atoms with E-state index in [1.807, 2.05) is 36.4 Å². The number of nitrogens with two attached hydrogens (primary N) is 1. The Morgan fingerprint density at radius 1 is 1.06 bits per heavy atom. The number of amidine groups is 1. The molecule has 0 bridgehead atoms. The Labute approximate surface area is 182 Å². The number of benzene rings is 3. The monoisotopic (exact) mass is 427 g/mol. The molecule has 0 atom stereocenters. The number of H-pyrrole nitrogens is 1. The first-order chi connectivity index (χ1) is 15.5. The number of ether oxygens (including phenoxy) is 1. The van der Waals surface area contributed by atoms with Crippen LogP contribution in [0.4, 0.5) is 4.39 Å². The first kappa shape index (κ1) is 19.4. The van der Waals surface area contributed by atoms with Crippen molar-refractivity contribution in [1.29, 1.82) is 5.41 Å². The Morgan fingerprint density at radius 3 is 2.59 bits per heavy atom. The average molecular weight is 427 g/mol. The molecule has 4 N–H and O–H groups in total. The molecule has 0 fully saturated rings. The van der Waals surface area contributed by atoms with Crippen LogP contribution in [-0.2, 0) is 6.61 Å². The maximum absolute atomic E-state index is 13.1. The molecule has 0 aliphatic heterocycles. The number of rotatable bonds is 6. The van der Waals surface area contributed by atoms with Crippen molar-refractivity contribution < 1.29 is 9.13 Å². The van der Waals surface area contributed by atoms with E-state index in [1.54, 1.807) is 29.1 Å². The average Bonchev–Trinajstić information content (AvgIpc) is 3.45. The zero-order valence-electron chi connectivity index (χ0n) is 16.8. The minimum atomic E-state index is -0.302. The lowest BCUT2D eigenvalue weighted by molar-refractivity contribution is 0.301. The molecule has 5 aromatic rings. The fourth-order valence-corrected chi connectivity index (χ4v) is 3.26. The van der Waals surface area contributed by atoms with E-state index in [9.17, 15) is 4.39 Å². The fraction of sp³-hybridized carbons (Fsp3) is 0.0435. The van der Waals surface area contributed by atoms with E-state index in [0.29, 0.717) is 17.0 Å². The van der Waals surface area contributed by atoms with Gasteiger partial charge in [0, 0.05) is 11.1 Å². The van der Waals surface area contributed by atoms with Gasteiger partial charge < -0.3 is 15.5 Å². The SMILES string of the molecule is N=C(N)c1ccc2nc(-c3ccc(OCc4cn(-c5ccc(F)cc5)nn4)cc3)[nH]c2c1. The summed E-state index contributed by atoms with van der Waals surface area (Å²) >= 11 is 0. The second kappa shape index (κ2) is 7.95. The number of aromatic nitrogens is 5. The normalized spacial score (nSPS) is 11.0. The summed E-state index contributed by atoms with van der Waals surface area (Å²) in [7, 11) is 0. The number of hydrogen-bond acceptors (Lipinski definition) is 5. The number of hydrogen-bond donors (Lipinski definition) is 3. The number of nitrogens with zero attached hydrogens (tertiary/aromatic N) is 4. The first-order valence-corrected chi connectivity index (χ1v) is 9.80. The van der Waals surface area contributed by atoms with E-state index in [4.69, 9.17) is 15.9 Å². The van der Waals surface area contributed by atoms with Crippen molar-refractivity contribution in [2.45, 2.75) is 6.61 Å². The van der Waals surface area contributed by atoms with Crippen LogP contribution < -0.4 is 10.5 Å². The van der Waals surface area contributed by atoms with Crippen LogP contribution in [0.15, 0.2) is 72.9 Å². The molecule has 158 valence electrons. The standard InChI is InChI=1S/C23H18FN7O/c24-16-4-6-18(7-5-16)31-12-17(29-30-31)13-32-19-8-1-14(2-9-19)23-27-20-10-3-15(22(25)26)11-21(20)28-23/h1-12H,13H2,(H3,25,26)(H,27,28). The Kier molecular flexibility index (Phi) is 4.83. The summed E-state index contributed by atoms with van der Waals surface area (Å²) in [5.74, 6) is 1.11. The van der Waals surface area contributed by atoms with E-state index < -0.39 is 0 Å². The molecule has 32 heavy (non-hydrogen) atoms. The number of aromatic amines is 1. The fourth-order valence-electron chi connectivity index (χ4n) is 3.26. The molecule has 9 heteroatoms. The van der Waals surface area contributed by atoms with Crippen LogP contribution >= 0.6 is 0 Å². The smallest absolute Gasteiger partial charge is 0.138 e. The van der Waals surface area contributed by atoms with Crippen LogP contribution in [0, 0.1) is 11.2 Å². The molecule has 8 nitrogen and oxygen atoms in total. The van der Waals surface area contributed by atoms with Gasteiger partial charge in [-0.3, -0.25) is 5.41 Å². The van der Waals surface area contributed by atoms with Crippen LogP contribution in [-0.4, -0.2) is 30.8 Å². The highest BCUT2D eigenvalue weighted by atomic mass is 19.1. The second-order valence-electron chi connectivity index (χ2n) is 7.17. The van der Waals surface area contributed by atoms with Crippen LogP contribution in [0.2, 0.25) is 0 Å². The lowest BCUT2D eigenvalue weighted by atomic mass is 10.2. The molecule has 0 aliphatic carbocycles. The lowest BCUT2D eigenvalue weighted by Gasteiger charge is -2.04. The molecule has 0 saturated heterocycles. The van der Waals surface area contributed by atoms with E-state index in [0.717, 1.165) is 28.1 Å². The maximum Gasteiger partial charge on any atom is 0.138 e. The highest BCUT2D eigenvalue weighted by Crippen LogP contribution is 2.24. The van der Waals surface area contributed by atoms with Crippen LogP contribution in [0.25, 0.3) is 28.1 Å². The number of imidazole rings is 1. The van der Waals surface area contributed by atoms with Gasteiger partial charge in [0.25, 0.3) is 0 Å². The van der Waals surface area contributed by atoms with Crippen molar-refractivity contribution in [2.24, 2.45) is 5.73 Å². The topological polar surface area (TPSA) is 118 Å². The Morgan fingerprint density at radius 2 is 1.84 bits per heavy atom. The van der Waals surface area contributed by atoms with Gasteiger partial charge in [0.2, 0.25) is 0 Å². The molecular formula is C23H18FN7O. The molecule has 0 radical (unpaired) electrons. The van der Waals surface area contributed by atoms with Crippen molar-refractivity contribution in [3.05, 3.63) is 90.0 Å². The van der Waals surface area contributed by atoms with Gasteiger partial charge in [0.05, 0.1) is 22.9 Å². The largest absolute Gasteiger partial charge is 0.487 e. The number of halogens is 1. The summed E-state index contributed by atoms with van der Waals surface area (Å²) in [5, 5.41) is 15.7. The van der Waals surface area contributed by atoms with Crippen LogP contribution in [0.3, 0.4) is 0 Å². The third-order valence-electron chi connectivity index (χ3n) is 4.94. The summed E-state index contributed by atoms with van der Waals surface area (Å²) in [6, 6.07) is 19.0. The highest BCUT2D eigenvalue weighted by Gasteiger charge is 2.08. The summed E-state index contributed by atoms with van der Waals surface area (Å²) < 4.78 is 20.4. The van der Waals surface area contributed by atoms with Crippen molar-refractivity contribution >= 4 is 16.9 Å². The first-order valence-electron chi connectivity index (χ1n) is 9.80. The number of fused-ring (bicyclic) bond motifs is 1. The van der Waals surface area contributed by atoms with E-state index >= 15 is 0 Å². The zero-order chi connectivity index (χ0) is 22.1. The Balaban J connectivity index is 1.27. The predicted octanol–water partition coefficient (Wildman–Crippen LogP) is 3.81. The molecule has 2 heterocycles. The summed E-state index contributed by atoms with van der Waals surface area (Å²) in [6.45, 7) is 0.249. The molecule has 3 aromatic carbocycles. The second-order valence-corrected chi connectivity index (χ2v) is 7.17. The Bertz CT molecular complexity index is 1400. The third-order valence-corrected chi connectivity index (χ3v) is 4.94. The highest BCUT2D eigenvalue weighted by molar-refractivity contribution is 5.98. The molecule has 0 aliphatic rings. The van der Waals surface area contributed by atoms with Gasteiger partial charge in [0.1, 0.15) is 35.5 Å². The molecule has 5 rings (SSSR count). The van der Waals surface area contributed by atoms with E-state index in [1.165, 1.54) is 12.1 Å². The molecule has 0 spiro atoms. The van der Waals surface area contributed by atoms with Crippen molar-refractivity contribution in [2.75, 3.05) is 0 Å². The van der Waals surface area contributed by atoms with Crippen molar-refractivity contribution in [3.8, 4) is 22.8 Å². The van der Waals surface area contributed by atoms with Gasteiger partial charge in [-0.15, -0.1) is 5.10 Å².